The molecule has 2 aromatic rings. The topological polar surface area (TPSA) is 60.5 Å². The number of carbonyl (C=O) groups is 1. The van der Waals surface area contributed by atoms with Gasteiger partial charge in [-0.05, 0) is 82.6 Å². The average molecular weight is 497 g/mol. The van der Waals surface area contributed by atoms with E-state index >= 15 is 0 Å². The van der Waals surface area contributed by atoms with Crippen molar-refractivity contribution >= 4 is 12.0 Å². The quantitative estimate of drug-likeness (QED) is 0.411. The summed E-state index contributed by atoms with van der Waals surface area (Å²) in [6, 6.07) is 11.8. The molecule has 0 bridgehead atoms. The van der Waals surface area contributed by atoms with E-state index in [1.807, 2.05) is 47.4 Å². The van der Waals surface area contributed by atoms with Crippen LogP contribution in [0.3, 0.4) is 0 Å². The van der Waals surface area contributed by atoms with Gasteiger partial charge in [-0.1, -0.05) is 24.3 Å². The third-order valence-electron chi connectivity index (χ3n) is 6.26. The van der Waals surface area contributed by atoms with Gasteiger partial charge in [-0.15, -0.1) is 0 Å². The van der Waals surface area contributed by atoms with Crippen molar-refractivity contribution < 1.29 is 23.7 Å². The van der Waals surface area contributed by atoms with E-state index in [0.29, 0.717) is 6.42 Å². The molecule has 1 heterocycles. The van der Waals surface area contributed by atoms with Crippen LogP contribution in [0.5, 0.6) is 23.0 Å². The molecule has 196 valence electrons. The van der Waals surface area contributed by atoms with Gasteiger partial charge < -0.3 is 28.7 Å². The van der Waals surface area contributed by atoms with E-state index in [9.17, 15) is 4.79 Å². The molecule has 0 aromatic heterocycles. The number of benzene rings is 2. The summed E-state index contributed by atoms with van der Waals surface area (Å²) < 4.78 is 21.5. The molecule has 1 aliphatic heterocycles. The summed E-state index contributed by atoms with van der Waals surface area (Å²) in [6.07, 6.45) is 6.08. The van der Waals surface area contributed by atoms with Crippen molar-refractivity contribution in [3.63, 3.8) is 0 Å². The minimum Gasteiger partial charge on any atom is -0.493 e. The zero-order valence-corrected chi connectivity index (χ0v) is 22.5. The predicted octanol–water partition coefficient (Wildman–Crippen LogP) is 5.03. The Morgan fingerprint density at radius 1 is 0.972 bits per heavy atom. The molecule has 2 aromatic carbocycles. The minimum atomic E-state index is -0.234. The molecule has 0 fully saturated rings. The van der Waals surface area contributed by atoms with Gasteiger partial charge in [0.15, 0.2) is 23.0 Å². The number of likely N-dealkylation sites (N-methyl/N-ethyl adjacent to an activating group) is 1. The maximum absolute atomic E-state index is 13.1. The van der Waals surface area contributed by atoms with Gasteiger partial charge in [0, 0.05) is 25.0 Å². The van der Waals surface area contributed by atoms with Gasteiger partial charge in [0.25, 0.3) is 0 Å². The molecule has 0 saturated heterocycles. The van der Waals surface area contributed by atoms with Gasteiger partial charge in [0.05, 0.1) is 14.2 Å². The summed E-state index contributed by atoms with van der Waals surface area (Å²) in [4.78, 5) is 17.4. The number of hydrogen-bond acceptors (Lipinski definition) is 6. The average Bonchev–Trinajstić information content (AvgIpc) is 3.32. The van der Waals surface area contributed by atoms with Gasteiger partial charge in [0.2, 0.25) is 12.7 Å². The molecular formula is C29H40N2O5. The fourth-order valence-corrected chi connectivity index (χ4v) is 4.22. The largest absolute Gasteiger partial charge is 0.493 e. The van der Waals surface area contributed by atoms with E-state index in [0.717, 1.165) is 61.0 Å². The van der Waals surface area contributed by atoms with Crippen LogP contribution in [0, 0.1) is 0 Å². The number of ether oxygens (including phenoxy) is 4. The summed E-state index contributed by atoms with van der Waals surface area (Å²) >= 11 is 0. The van der Waals surface area contributed by atoms with E-state index in [4.69, 9.17) is 18.9 Å². The zero-order valence-electron chi connectivity index (χ0n) is 22.5. The maximum Gasteiger partial charge on any atom is 0.231 e. The second-order valence-electron chi connectivity index (χ2n) is 10.0. The molecule has 0 saturated carbocycles. The van der Waals surface area contributed by atoms with Crippen molar-refractivity contribution in [2.75, 3.05) is 47.7 Å². The van der Waals surface area contributed by atoms with Crippen LogP contribution in [0.2, 0.25) is 0 Å². The number of methoxy groups -OCH3 is 2. The lowest BCUT2D eigenvalue weighted by atomic mass is 10.0. The van der Waals surface area contributed by atoms with Crippen molar-refractivity contribution in [2.24, 2.45) is 0 Å². The Balaban J connectivity index is 1.46. The molecule has 0 radical (unpaired) electrons. The fraction of sp³-hybridized carbons (Fsp3) is 0.483. The van der Waals surface area contributed by atoms with Crippen molar-refractivity contribution in [3.05, 3.63) is 53.6 Å². The molecule has 0 atom stereocenters. The molecule has 0 spiro atoms. The third-order valence-corrected chi connectivity index (χ3v) is 6.26. The highest BCUT2D eigenvalue weighted by Gasteiger charge is 2.25. The van der Waals surface area contributed by atoms with Crippen molar-refractivity contribution in [2.45, 2.75) is 45.6 Å². The highest BCUT2D eigenvalue weighted by Crippen LogP contribution is 2.33. The van der Waals surface area contributed by atoms with E-state index in [1.165, 1.54) is 5.56 Å². The van der Waals surface area contributed by atoms with Crippen LogP contribution in [0.4, 0.5) is 0 Å². The summed E-state index contributed by atoms with van der Waals surface area (Å²) in [7, 11) is 5.42. The minimum absolute atomic E-state index is 0.132. The molecule has 3 rings (SSSR count). The van der Waals surface area contributed by atoms with E-state index in [2.05, 4.69) is 38.8 Å². The van der Waals surface area contributed by atoms with E-state index in [-0.39, 0.29) is 18.2 Å². The number of nitrogens with zero attached hydrogens (tertiary/aromatic N) is 2. The maximum atomic E-state index is 13.1. The Morgan fingerprint density at radius 2 is 1.72 bits per heavy atom. The van der Waals surface area contributed by atoms with Gasteiger partial charge in [0.1, 0.15) is 0 Å². The van der Waals surface area contributed by atoms with Crippen molar-refractivity contribution in [3.8, 4) is 23.0 Å². The molecule has 0 unspecified atom stereocenters. The lowest BCUT2D eigenvalue weighted by Crippen LogP contribution is -2.46. The van der Waals surface area contributed by atoms with Crippen LogP contribution < -0.4 is 18.9 Å². The first-order valence-electron chi connectivity index (χ1n) is 12.5. The molecule has 36 heavy (non-hydrogen) atoms. The van der Waals surface area contributed by atoms with Gasteiger partial charge in [-0.3, -0.25) is 4.79 Å². The highest BCUT2D eigenvalue weighted by atomic mass is 16.7. The number of hydrogen-bond donors (Lipinski definition) is 0. The molecule has 1 aliphatic rings. The second kappa shape index (κ2) is 12.7. The first-order chi connectivity index (χ1) is 17.2. The smallest absolute Gasteiger partial charge is 0.231 e. The molecule has 0 N–H and O–H groups in total. The normalized spacial score (nSPS) is 12.9. The second-order valence-corrected chi connectivity index (χ2v) is 10.0. The summed E-state index contributed by atoms with van der Waals surface area (Å²) in [6.45, 7) is 9.10. The Labute approximate surface area is 215 Å². The van der Waals surface area contributed by atoms with Crippen LogP contribution in [0.1, 0.15) is 44.7 Å². The van der Waals surface area contributed by atoms with Crippen LogP contribution in [0.25, 0.3) is 6.08 Å². The number of fused-ring (bicyclic) bond motifs is 1. The summed E-state index contributed by atoms with van der Waals surface area (Å²) in [5, 5.41) is 0. The number of amides is 1. The van der Waals surface area contributed by atoms with E-state index < -0.39 is 0 Å². The van der Waals surface area contributed by atoms with Crippen LogP contribution >= 0.6 is 0 Å². The Kier molecular flexibility index (Phi) is 9.65. The first kappa shape index (κ1) is 27.4. The van der Waals surface area contributed by atoms with Gasteiger partial charge >= 0.3 is 0 Å². The fourth-order valence-electron chi connectivity index (χ4n) is 4.22. The monoisotopic (exact) mass is 496 g/mol. The lowest BCUT2D eigenvalue weighted by Gasteiger charge is -2.36. The van der Waals surface area contributed by atoms with Crippen molar-refractivity contribution in [1.29, 1.82) is 0 Å². The Hall–Kier alpha value is -3.19. The SMILES string of the molecule is COc1ccc(CCN(C)CCCN(C(=O)CC=Cc2ccc3c(c2)OCO3)C(C)(C)C)cc1OC. The Bertz CT molecular complexity index is 1040. The lowest BCUT2D eigenvalue weighted by molar-refractivity contribution is -0.135. The molecule has 7 heteroatoms. The number of carbonyl (C=O) groups excluding carboxylic acids is 1. The Morgan fingerprint density at radius 3 is 2.44 bits per heavy atom. The molecular weight excluding hydrogens is 456 g/mol. The zero-order chi connectivity index (χ0) is 26.1. The molecule has 0 aliphatic carbocycles. The van der Waals surface area contributed by atoms with Crippen LogP contribution in [-0.4, -0.2) is 68.9 Å². The molecule has 1 amide bonds. The molecule has 7 nitrogen and oxygen atoms in total. The van der Waals surface area contributed by atoms with Crippen LogP contribution in [-0.2, 0) is 11.2 Å². The predicted molar refractivity (Wildman–Crippen MR) is 143 cm³/mol. The van der Waals surface area contributed by atoms with Crippen LogP contribution in [0.15, 0.2) is 42.5 Å². The number of rotatable bonds is 12. The van der Waals surface area contributed by atoms with Gasteiger partial charge in [-0.2, -0.15) is 0 Å². The highest BCUT2D eigenvalue weighted by molar-refractivity contribution is 5.79. The third kappa shape index (κ3) is 7.65. The standard InChI is InChI=1S/C29H40N2O5/c1-29(2,3)31(28(32)10-7-9-22-12-14-25-27(20-22)36-21-35-25)17-8-16-30(4)18-15-23-11-13-24(33-5)26(19-23)34-6/h7,9,11-14,19-20H,8,10,15-18,21H2,1-6H3. The van der Waals surface area contributed by atoms with Crippen molar-refractivity contribution in [1.82, 2.24) is 9.80 Å². The summed E-state index contributed by atoms with van der Waals surface area (Å²) in [5.74, 6) is 3.13. The summed E-state index contributed by atoms with van der Waals surface area (Å²) in [5.41, 5.74) is 1.97. The first-order valence-corrected chi connectivity index (χ1v) is 12.5. The van der Waals surface area contributed by atoms with E-state index in [1.54, 1.807) is 14.2 Å². The van der Waals surface area contributed by atoms with Gasteiger partial charge in [-0.25, -0.2) is 0 Å².